The van der Waals surface area contributed by atoms with E-state index in [0.29, 0.717) is 15.6 Å². The minimum Gasteiger partial charge on any atom is -0.492 e. The lowest BCUT2D eigenvalue weighted by Gasteiger charge is -2.34. The van der Waals surface area contributed by atoms with E-state index in [-0.39, 0.29) is 35.9 Å². The van der Waals surface area contributed by atoms with Crippen LogP contribution in [0.2, 0.25) is 10.0 Å². The number of rotatable bonds is 13. The highest BCUT2D eigenvalue weighted by Gasteiger charge is 2.35. The molecule has 230 valence electrons. The Labute approximate surface area is 268 Å². The van der Waals surface area contributed by atoms with Crippen LogP contribution < -0.4 is 14.4 Å². The Bertz CT molecular complexity index is 1670. The Kier molecular flexibility index (Phi) is 11.3. The van der Waals surface area contributed by atoms with Crippen molar-refractivity contribution in [2.24, 2.45) is 0 Å². The van der Waals surface area contributed by atoms with Crippen molar-refractivity contribution < 1.29 is 22.7 Å². The van der Waals surface area contributed by atoms with Crippen LogP contribution in [0, 0.1) is 0 Å². The summed E-state index contributed by atoms with van der Waals surface area (Å²) in [7, 11) is -2.79. The zero-order chi connectivity index (χ0) is 31.7. The van der Waals surface area contributed by atoms with Crippen molar-refractivity contribution >= 4 is 50.7 Å². The van der Waals surface area contributed by atoms with Gasteiger partial charge in [0.05, 0.1) is 17.2 Å². The molecule has 0 aliphatic carbocycles. The van der Waals surface area contributed by atoms with E-state index in [2.05, 4.69) is 5.32 Å². The Hall–Kier alpha value is -4.05. The van der Waals surface area contributed by atoms with Gasteiger partial charge < -0.3 is 15.0 Å². The summed E-state index contributed by atoms with van der Waals surface area (Å²) >= 11 is 13.0. The van der Waals surface area contributed by atoms with Gasteiger partial charge in [-0.15, -0.1) is 0 Å². The smallest absolute Gasteiger partial charge is 0.264 e. The molecule has 44 heavy (non-hydrogen) atoms. The predicted octanol–water partition coefficient (Wildman–Crippen LogP) is 5.97. The van der Waals surface area contributed by atoms with Gasteiger partial charge in [-0.2, -0.15) is 0 Å². The zero-order valence-corrected chi connectivity index (χ0v) is 26.6. The van der Waals surface area contributed by atoms with Crippen molar-refractivity contribution in [1.29, 1.82) is 0 Å². The highest BCUT2D eigenvalue weighted by atomic mass is 35.5. The summed E-state index contributed by atoms with van der Waals surface area (Å²) in [4.78, 5) is 29.2. The molecule has 1 unspecified atom stereocenters. The minimum absolute atomic E-state index is 0.00747. The van der Waals surface area contributed by atoms with Crippen molar-refractivity contribution in [2.45, 2.75) is 30.8 Å². The second kappa shape index (κ2) is 15.1. The largest absolute Gasteiger partial charge is 0.492 e. The third-order valence-corrected chi connectivity index (χ3v) is 9.43. The molecular formula is C33H33Cl2N3O5S. The molecule has 0 aliphatic heterocycles. The summed E-state index contributed by atoms with van der Waals surface area (Å²) < 4.78 is 35.1. The van der Waals surface area contributed by atoms with Crippen LogP contribution in [0.15, 0.2) is 108 Å². The van der Waals surface area contributed by atoms with E-state index in [4.69, 9.17) is 27.9 Å². The van der Waals surface area contributed by atoms with Crippen LogP contribution in [-0.4, -0.2) is 51.4 Å². The summed E-state index contributed by atoms with van der Waals surface area (Å²) in [6.45, 7) is 1.28. The molecule has 0 aliphatic rings. The highest BCUT2D eigenvalue weighted by molar-refractivity contribution is 7.92. The normalized spacial score (nSPS) is 11.8. The highest BCUT2D eigenvalue weighted by Crippen LogP contribution is 2.33. The van der Waals surface area contributed by atoms with Crippen LogP contribution in [0.3, 0.4) is 0 Å². The maximum Gasteiger partial charge on any atom is 0.264 e. The molecular weight excluding hydrogens is 621 g/mol. The van der Waals surface area contributed by atoms with Crippen LogP contribution >= 0.6 is 23.2 Å². The number of carbonyl (C=O) groups is 2. The van der Waals surface area contributed by atoms with Crippen LogP contribution in [0.1, 0.15) is 18.1 Å². The topological polar surface area (TPSA) is 96.0 Å². The first-order chi connectivity index (χ1) is 21.2. The maximum absolute atomic E-state index is 14.5. The molecule has 1 N–H and O–H groups in total. The molecule has 0 fully saturated rings. The molecule has 0 bridgehead atoms. The van der Waals surface area contributed by atoms with Gasteiger partial charge in [0.15, 0.2) is 0 Å². The Morgan fingerprint density at radius 2 is 1.43 bits per heavy atom. The van der Waals surface area contributed by atoms with Gasteiger partial charge in [0.25, 0.3) is 10.0 Å². The van der Waals surface area contributed by atoms with Gasteiger partial charge in [-0.05, 0) is 48.9 Å². The van der Waals surface area contributed by atoms with Crippen molar-refractivity contribution in [1.82, 2.24) is 10.2 Å². The number of ether oxygens (including phenoxy) is 1. The van der Waals surface area contributed by atoms with Crippen LogP contribution in [0.4, 0.5) is 5.69 Å². The standard InChI is InChI=1S/C33H33Cl2N3O5S/c1-3-43-31-20-11-10-19-29(31)38(44(41,42)25-15-8-5-9-16-25)23-32(39)37(22-26-27(34)17-12-18-28(26)35)30(33(40)36-2)21-24-13-6-4-7-14-24/h4-20,30H,3,21-23H2,1-2H3,(H,36,40). The lowest BCUT2D eigenvalue weighted by Crippen LogP contribution is -2.53. The van der Waals surface area contributed by atoms with E-state index in [9.17, 15) is 18.0 Å². The van der Waals surface area contributed by atoms with Crippen molar-refractivity contribution in [3.05, 3.63) is 124 Å². The number of para-hydroxylation sites is 2. The zero-order valence-electron chi connectivity index (χ0n) is 24.3. The summed E-state index contributed by atoms with van der Waals surface area (Å²) in [6.07, 6.45) is 0.162. The fourth-order valence-corrected chi connectivity index (χ4v) is 6.71. The Morgan fingerprint density at radius 3 is 2.05 bits per heavy atom. The van der Waals surface area contributed by atoms with E-state index >= 15 is 0 Å². The number of anilines is 1. The van der Waals surface area contributed by atoms with Crippen LogP contribution in [-0.2, 0) is 32.6 Å². The fraction of sp³-hybridized carbons (Fsp3) is 0.212. The molecule has 11 heteroatoms. The third-order valence-electron chi connectivity index (χ3n) is 6.95. The first-order valence-corrected chi connectivity index (χ1v) is 16.1. The first kappa shape index (κ1) is 32.9. The monoisotopic (exact) mass is 653 g/mol. The number of hydrogen-bond donors (Lipinski definition) is 1. The summed E-state index contributed by atoms with van der Waals surface area (Å²) in [5, 5.41) is 3.27. The molecule has 4 rings (SSSR count). The van der Waals surface area contributed by atoms with E-state index < -0.39 is 34.4 Å². The average molecular weight is 655 g/mol. The number of halogens is 2. The molecule has 0 aromatic heterocycles. The van der Waals surface area contributed by atoms with E-state index in [1.54, 1.807) is 67.6 Å². The number of carbonyl (C=O) groups excluding carboxylic acids is 2. The van der Waals surface area contributed by atoms with Gasteiger partial charge in [0.1, 0.15) is 18.3 Å². The minimum atomic E-state index is -4.27. The third kappa shape index (κ3) is 7.72. The quantitative estimate of drug-likeness (QED) is 0.192. The number of nitrogens with zero attached hydrogens (tertiary/aromatic N) is 2. The Morgan fingerprint density at radius 1 is 0.841 bits per heavy atom. The molecule has 0 radical (unpaired) electrons. The number of sulfonamides is 1. The van der Waals surface area contributed by atoms with Crippen molar-refractivity contribution in [3.63, 3.8) is 0 Å². The molecule has 4 aromatic carbocycles. The second-order valence-corrected chi connectivity index (χ2v) is 12.4. The average Bonchev–Trinajstić information content (AvgIpc) is 3.03. The summed E-state index contributed by atoms with van der Waals surface area (Å²) in [5.41, 5.74) is 1.42. The van der Waals surface area contributed by atoms with Crippen LogP contribution in [0.5, 0.6) is 5.75 Å². The number of hydrogen-bond acceptors (Lipinski definition) is 5. The van der Waals surface area contributed by atoms with E-state index in [0.717, 1.165) is 9.87 Å². The van der Waals surface area contributed by atoms with Gasteiger partial charge in [0.2, 0.25) is 11.8 Å². The molecule has 0 saturated heterocycles. The van der Waals surface area contributed by atoms with Crippen molar-refractivity contribution in [2.75, 3.05) is 24.5 Å². The molecule has 2 amide bonds. The van der Waals surface area contributed by atoms with E-state index in [1.165, 1.54) is 24.1 Å². The molecule has 0 spiro atoms. The molecule has 4 aromatic rings. The maximum atomic E-state index is 14.5. The van der Waals surface area contributed by atoms with Gasteiger partial charge in [-0.3, -0.25) is 13.9 Å². The fourth-order valence-electron chi connectivity index (χ4n) is 4.75. The first-order valence-electron chi connectivity index (χ1n) is 13.9. The van der Waals surface area contributed by atoms with E-state index in [1.807, 2.05) is 30.3 Å². The SMILES string of the molecule is CCOc1ccccc1N(CC(=O)N(Cc1c(Cl)cccc1Cl)C(Cc1ccccc1)C(=O)NC)S(=O)(=O)c1ccccc1. The number of nitrogens with one attached hydrogen (secondary N) is 1. The lowest BCUT2D eigenvalue weighted by molar-refractivity contribution is -0.139. The van der Waals surface area contributed by atoms with Gasteiger partial charge in [-0.1, -0.05) is 89.9 Å². The Balaban J connectivity index is 1.85. The molecule has 0 saturated carbocycles. The molecule has 8 nitrogen and oxygen atoms in total. The van der Waals surface area contributed by atoms with Gasteiger partial charge >= 0.3 is 0 Å². The number of benzene rings is 4. The number of likely N-dealkylation sites (N-methyl/N-ethyl adjacent to an activating group) is 1. The van der Waals surface area contributed by atoms with Gasteiger partial charge in [0, 0.05) is 35.6 Å². The summed E-state index contributed by atoms with van der Waals surface area (Å²) in [5.74, 6) is -0.788. The van der Waals surface area contributed by atoms with Crippen LogP contribution in [0.25, 0.3) is 0 Å². The van der Waals surface area contributed by atoms with Gasteiger partial charge in [-0.25, -0.2) is 8.42 Å². The molecule has 0 heterocycles. The molecule has 1 atom stereocenters. The number of amides is 2. The second-order valence-electron chi connectivity index (χ2n) is 9.77. The predicted molar refractivity (Wildman–Crippen MR) is 174 cm³/mol. The van der Waals surface area contributed by atoms with Crippen molar-refractivity contribution in [3.8, 4) is 5.75 Å². The lowest BCUT2D eigenvalue weighted by atomic mass is 10.0. The summed E-state index contributed by atoms with van der Waals surface area (Å²) in [6, 6.07) is 27.6.